The van der Waals surface area contributed by atoms with Crippen molar-refractivity contribution in [2.24, 2.45) is 0 Å². The number of unbranched alkanes of at least 4 members (excludes halogenated alkanes) is 6. The number of aliphatic hydroxyl groups excluding tert-OH is 1. The molecule has 0 saturated heterocycles. The van der Waals surface area contributed by atoms with Crippen LogP contribution >= 0.6 is 0 Å². The molecule has 0 fully saturated rings. The van der Waals surface area contributed by atoms with E-state index in [-0.39, 0.29) is 18.6 Å². The molecule has 0 saturated carbocycles. The van der Waals surface area contributed by atoms with Crippen LogP contribution in [0.3, 0.4) is 0 Å². The standard InChI is InChI=1S/C25H42O4/c1-2-3-4-5-10-16-23(26)17-11-7-12-18-24(19-13-20-25(27)28)29-21-22-14-8-6-9-15-22/h6,8-9,14-15,23-24,26H,2-5,7,10-13,16-21H2,1H3,(H,27,28). The highest BCUT2D eigenvalue weighted by molar-refractivity contribution is 5.66. The van der Waals surface area contributed by atoms with E-state index >= 15 is 0 Å². The second-order valence-corrected chi connectivity index (χ2v) is 8.20. The lowest BCUT2D eigenvalue weighted by Gasteiger charge is -2.18. The van der Waals surface area contributed by atoms with Crippen LogP contribution in [-0.4, -0.2) is 28.4 Å². The molecule has 4 nitrogen and oxygen atoms in total. The molecule has 0 amide bonds. The summed E-state index contributed by atoms with van der Waals surface area (Å²) in [6, 6.07) is 10.1. The molecule has 4 heteroatoms. The molecule has 29 heavy (non-hydrogen) atoms. The number of rotatable bonds is 19. The van der Waals surface area contributed by atoms with E-state index < -0.39 is 5.97 Å². The van der Waals surface area contributed by atoms with E-state index in [0.717, 1.165) is 56.9 Å². The normalized spacial score (nSPS) is 13.3. The van der Waals surface area contributed by atoms with Gasteiger partial charge in [-0.15, -0.1) is 0 Å². The third-order valence-electron chi connectivity index (χ3n) is 5.45. The maximum Gasteiger partial charge on any atom is 0.303 e. The minimum absolute atomic E-state index is 0.109. The van der Waals surface area contributed by atoms with Gasteiger partial charge in [0.25, 0.3) is 0 Å². The number of hydrogen-bond donors (Lipinski definition) is 2. The Labute approximate surface area is 177 Å². The molecule has 0 aliphatic heterocycles. The fraction of sp³-hybridized carbons (Fsp3) is 0.720. The average molecular weight is 407 g/mol. The number of ether oxygens (including phenoxy) is 1. The quantitative estimate of drug-likeness (QED) is 0.257. The molecule has 0 aromatic heterocycles. The third kappa shape index (κ3) is 15.2. The first kappa shape index (κ1) is 25.6. The molecular weight excluding hydrogens is 364 g/mol. The third-order valence-corrected chi connectivity index (χ3v) is 5.45. The van der Waals surface area contributed by atoms with Gasteiger partial charge < -0.3 is 14.9 Å². The number of carboxylic acids is 1. The monoisotopic (exact) mass is 406 g/mol. The first-order valence-electron chi connectivity index (χ1n) is 11.7. The first-order valence-corrected chi connectivity index (χ1v) is 11.7. The Hall–Kier alpha value is -1.39. The number of benzene rings is 1. The van der Waals surface area contributed by atoms with Gasteiger partial charge in [-0.1, -0.05) is 88.6 Å². The molecule has 0 bridgehead atoms. The maximum absolute atomic E-state index is 10.8. The lowest BCUT2D eigenvalue weighted by atomic mass is 10.0. The summed E-state index contributed by atoms with van der Waals surface area (Å²) in [6.45, 7) is 2.80. The topological polar surface area (TPSA) is 66.8 Å². The van der Waals surface area contributed by atoms with Gasteiger partial charge in [-0.3, -0.25) is 4.79 Å². The predicted molar refractivity (Wildman–Crippen MR) is 119 cm³/mol. The van der Waals surface area contributed by atoms with Gasteiger partial charge in [0.15, 0.2) is 0 Å². The minimum atomic E-state index is -0.740. The minimum Gasteiger partial charge on any atom is -0.481 e. The maximum atomic E-state index is 10.8. The molecule has 1 aromatic carbocycles. The summed E-state index contributed by atoms with van der Waals surface area (Å²) in [5.41, 5.74) is 1.15. The molecule has 0 radical (unpaired) electrons. The van der Waals surface area contributed by atoms with Gasteiger partial charge in [0, 0.05) is 6.42 Å². The average Bonchev–Trinajstić information content (AvgIpc) is 2.71. The molecular formula is C25H42O4. The largest absolute Gasteiger partial charge is 0.481 e. The lowest BCUT2D eigenvalue weighted by molar-refractivity contribution is -0.137. The van der Waals surface area contributed by atoms with Crippen LogP contribution in [0, 0.1) is 0 Å². The number of hydrogen-bond acceptors (Lipinski definition) is 3. The molecule has 1 aromatic rings. The summed E-state index contributed by atoms with van der Waals surface area (Å²) < 4.78 is 6.08. The first-order chi connectivity index (χ1) is 14.1. The Morgan fingerprint density at radius 1 is 0.862 bits per heavy atom. The van der Waals surface area contributed by atoms with Crippen molar-refractivity contribution in [3.05, 3.63) is 35.9 Å². The molecule has 2 atom stereocenters. The smallest absolute Gasteiger partial charge is 0.303 e. The Bertz CT molecular complexity index is 503. The Morgan fingerprint density at radius 3 is 2.10 bits per heavy atom. The van der Waals surface area contributed by atoms with Crippen molar-refractivity contribution in [3.63, 3.8) is 0 Å². The number of carboxylic acid groups (broad SMARTS) is 1. The van der Waals surface area contributed by atoms with E-state index in [9.17, 15) is 9.90 Å². The fourth-order valence-corrected chi connectivity index (χ4v) is 3.64. The van der Waals surface area contributed by atoms with E-state index in [1.54, 1.807) is 0 Å². The van der Waals surface area contributed by atoms with Crippen LogP contribution in [-0.2, 0) is 16.1 Å². The van der Waals surface area contributed by atoms with E-state index in [4.69, 9.17) is 9.84 Å². The molecule has 0 aliphatic carbocycles. The zero-order valence-electron chi connectivity index (χ0n) is 18.4. The highest BCUT2D eigenvalue weighted by Gasteiger charge is 2.11. The zero-order valence-corrected chi connectivity index (χ0v) is 18.4. The van der Waals surface area contributed by atoms with E-state index in [1.165, 1.54) is 25.7 Å². The van der Waals surface area contributed by atoms with Gasteiger partial charge in [0.1, 0.15) is 0 Å². The fourth-order valence-electron chi connectivity index (χ4n) is 3.64. The summed E-state index contributed by atoms with van der Waals surface area (Å²) in [7, 11) is 0. The Morgan fingerprint density at radius 2 is 1.45 bits per heavy atom. The van der Waals surface area contributed by atoms with Gasteiger partial charge in [-0.2, -0.15) is 0 Å². The molecule has 2 unspecified atom stereocenters. The number of aliphatic hydroxyl groups is 1. The van der Waals surface area contributed by atoms with Crippen molar-refractivity contribution in [1.82, 2.24) is 0 Å². The van der Waals surface area contributed by atoms with E-state index in [1.807, 2.05) is 18.2 Å². The lowest BCUT2D eigenvalue weighted by Crippen LogP contribution is -2.14. The van der Waals surface area contributed by atoms with Crippen LogP contribution in [0.1, 0.15) is 102 Å². The summed E-state index contributed by atoms with van der Waals surface area (Å²) in [5, 5.41) is 19.0. The second kappa shape index (κ2) is 17.5. The zero-order chi connectivity index (χ0) is 21.2. The molecule has 2 N–H and O–H groups in total. The summed E-state index contributed by atoms with van der Waals surface area (Å²) in [5.74, 6) is -0.740. The second-order valence-electron chi connectivity index (χ2n) is 8.20. The van der Waals surface area contributed by atoms with E-state index in [2.05, 4.69) is 19.1 Å². The highest BCUT2D eigenvalue weighted by Crippen LogP contribution is 2.18. The van der Waals surface area contributed by atoms with Crippen molar-refractivity contribution in [2.45, 2.75) is 116 Å². The summed E-state index contributed by atoms with van der Waals surface area (Å²) >= 11 is 0. The van der Waals surface area contributed by atoms with Crippen LogP contribution < -0.4 is 0 Å². The van der Waals surface area contributed by atoms with Crippen LogP contribution in [0.5, 0.6) is 0 Å². The van der Waals surface area contributed by atoms with E-state index in [0.29, 0.717) is 13.0 Å². The molecule has 1 rings (SSSR count). The Balaban J connectivity index is 2.18. The SMILES string of the molecule is CCCCCCCC(O)CCCCCC(CCCC(=O)O)OCc1ccccc1. The number of aliphatic carboxylic acids is 1. The van der Waals surface area contributed by atoms with Gasteiger partial charge in [-0.05, 0) is 37.7 Å². The van der Waals surface area contributed by atoms with Gasteiger partial charge in [0.05, 0.1) is 18.8 Å². The van der Waals surface area contributed by atoms with Crippen molar-refractivity contribution in [3.8, 4) is 0 Å². The van der Waals surface area contributed by atoms with Gasteiger partial charge in [-0.25, -0.2) is 0 Å². The number of carbonyl (C=O) groups is 1. The van der Waals surface area contributed by atoms with Crippen molar-refractivity contribution < 1.29 is 19.7 Å². The summed E-state index contributed by atoms with van der Waals surface area (Å²) in [6.07, 6.45) is 13.8. The van der Waals surface area contributed by atoms with Crippen LogP contribution in [0.4, 0.5) is 0 Å². The molecule has 0 heterocycles. The van der Waals surface area contributed by atoms with Gasteiger partial charge in [0.2, 0.25) is 0 Å². The van der Waals surface area contributed by atoms with Crippen LogP contribution in [0.15, 0.2) is 30.3 Å². The molecule has 0 aliphatic rings. The van der Waals surface area contributed by atoms with Crippen molar-refractivity contribution >= 4 is 5.97 Å². The van der Waals surface area contributed by atoms with Crippen LogP contribution in [0.25, 0.3) is 0 Å². The Kier molecular flexibility index (Phi) is 15.4. The predicted octanol–water partition coefficient (Wildman–Crippen LogP) is 6.50. The van der Waals surface area contributed by atoms with Crippen LogP contribution in [0.2, 0.25) is 0 Å². The van der Waals surface area contributed by atoms with Crippen molar-refractivity contribution in [2.75, 3.05) is 0 Å². The van der Waals surface area contributed by atoms with Gasteiger partial charge >= 0.3 is 5.97 Å². The highest BCUT2D eigenvalue weighted by atomic mass is 16.5. The molecule has 166 valence electrons. The summed E-state index contributed by atoms with van der Waals surface area (Å²) in [4.78, 5) is 10.8. The molecule has 0 spiro atoms. The van der Waals surface area contributed by atoms with Crippen molar-refractivity contribution in [1.29, 1.82) is 0 Å².